The highest BCUT2D eigenvalue weighted by atomic mass is 127. The van der Waals surface area contributed by atoms with Gasteiger partial charge in [0.05, 0.1) is 18.5 Å². The highest BCUT2D eigenvalue weighted by Gasteiger charge is 2.13. The van der Waals surface area contributed by atoms with E-state index in [2.05, 4.69) is 36.2 Å². The summed E-state index contributed by atoms with van der Waals surface area (Å²) in [7, 11) is 2.00. The highest BCUT2D eigenvalue weighted by Crippen LogP contribution is 2.16. The second kappa shape index (κ2) is 11.8. The second-order valence-corrected chi connectivity index (χ2v) is 5.79. The smallest absolute Gasteiger partial charge is 0.191 e. The van der Waals surface area contributed by atoms with Crippen molar-refractivity contribution in [1.29, 1.82) is 0 Å². The number of hydrogen-bond acceptors (Lipinski definition) is 3. The Balaban J connectivity index is 0.00000338. The molecule has 0 aliphatic carbocycles. The summed E-state index contributed by atoms with van der Waals surface area (Å²) in [6, 6.07) is 3.88. The van der Waals surface area contributed by atoms with Gasteiger partial charge in [-0.25, -0.2) is 4.99 Å². The summed E-state index contributed by atoms with van der Waals surface area (Å²) in [4.78, 5) is 4.74. The summed E-state index contributed by atoms with van der Waals surface area (Å²) in [6.07, 6.45) is 6.20. The first-order chi connectivity index (χ1) is 12.2. The number of aryl methyl sites for hydroxylation is 2. The van der Waals surface area contributed by atoms with Crippen LogP contribution in [0.2, 0.25) is 0 Å². The van der Waals surface area contributed by atoms with Crippen molar-refractivity contribution in [3.05, 3.63) is 53.8 Å². The van der Waals surface area contributed by atoms with E-state index in [0.29, 0.717) is 13.1 Å². The van der Waals surface area contributed by atoms with E-state index < -0.39 is 0 Å². The maximum Gasteiger partial charge on any atom is 0.191 e. The molecule has 6 nitrogen and oxygen atoms in total. The number of nitrogens with one attached hydrogen (secondary N) is 2. The van der Waals surface area contributed by atoms with Gasteiger partial charge in [0, 0.05) is 37.8 Å². The summed E-state index contributed by atoms with van der Waals surface area (Å²) < 4.78 is 7.34. The molecular formula is C19H30IN5O. The molecule has 0 spiro atoms. The maximum absolute atomic E-state index is 5.36. The first-order valence-electron chi connectivity index (χ1n) is 8.88. The van der Waals surface area contributed by atoms with Crippen LogP contribution in [0.1, 0.15) is 36.6 Å². The third-order valence-corrected chi connectivity index (χ3v) is 4.08. The molecule has 0 atom stereocenters. The molecule has 2 N–H and O–H groups in total. The lowest BCUT2D eigenvalue weighted by Crippen LogP contribution is -2.38. The molecule has 7 heteroatoms. The molecule has 0 saturated heterocycles. The number of halogens is 1. The zero-order valence-electron chi connectivity index (χ0n) is 15.9. The minimum absolute atomic E-state index is 0. The fraction of sp³-hybridized carbons (Fsp3) is 0.474. The van der Waals surface area contributed by atoms with Crippen LogP contribution in [-0.4, -0.2) is 28.8 Å². The quantitative estimate of drug-likeness (QED) is 0.255. The number of nitrogens with zero attached hydrogens (tertiary/aromatic N) is 3. The van der Waals surface area contributed by atoms with Crippen LogP contribution in [0.5, 0.6) is 0 Å². The lowest BCUT2D eigenvalue weighted by atomic mass is 10.1. The average molecular weight is 471 g/mol. The monoisotopic (exact) mass is 471 g/mol. The van der Waals surface area contributed by atoms with Gasteiger partial charge in [0.2, 0.25) is 0 Å². The molecule has 2 heterocycles. The Morgan fingerprint density at radius 2 is 2.15 bits per heavy atom. The Kier molecular flexibility index (Phi) is 10.1. The number of guanidine groups is 1. The summed E-state index contributed by atoms with van der Waals surface area (Å²) in [6.45, 7) is 10.1. The van der Waals surface area contributed by atoms with Crippen LogP contribution in [0.25, 0.3) is 0 Å². The SMILES string of the molecule is C=CCNC(=NCc1c(CC)nn(C)c1CC)NCCc1ccco1.I. The Labute approximate surface area is 173 Å². The van der Waals surface area contributed by atoms with Crippen LogP contribution in [0.4, 0.5) is 0 Å². The van der Waals surface area contributed by atoms with Gasteiger partial charge in [-0.3, -0.25) is 4.68 Å². The molecule has 0 amide bonds. The van der Waals surface area contributed by atoms with Crippen molar-refractivity contribution < 1.29 is 4.42 Å². The van der Waals surface area contributed by atoms with Gasteiger partial charge in [-0.2, -0.15) is 5.10 Å². The third kappa shape index (κ3) is 6.19. The summed E-state index contributed by atoms with van der Waals surface area (Å²) in [5, 5.41) is 11.2. The number of aromatic nitrogens is 2. The molecule has 0 aliphatic rings. The standard InChI is InChI=1S/C19H29N5O.HI/c1-5-11-20-19(21-12-10-15-9-8-13-25-15)22-14-16-17(6-2)23-24(4)18(16)7-3;/h5,8-9,13H,1,6-7,10-12,14H2,2-4H3,(H2,20,21,22);1H. The highest BCUT2D eigenvalue weighted by molar-refractivity contribution is 14.0. The van der Waals surface area contributed by atoms with Gasteiger partial charge in [-0.1, -0.05) is 19.9 Å². The van der Waals surface area contributed by atoms with Gasteiger partial charge < -0.3 is 15.1 Å². The minimum atomic E-state index is 0. The first-order valence-corrected chi connectivity index (χ1v) is 8.88. The Bertz CT molecular complexity index is 691. The van der Waals surface area contributed by atoms with E-state index in [0.717, 1.165) is 43.2 Å². The van der Waals surface area contributed by atoms with Crippen molar-refractivity contribution in [1.82, 2.24) is 20.4 Å². The molecule has 0 bridgehead atoms. The zero-order chi connectivity index (χ0) is 18.1. The van der Waals surface area contributed by atoms with E-state index >= 15 is 0 Å². The molecule has 0 aliphatic heterocycles. The molecule has 0 saturated carbocycles. The second-order valence-electron chi connectivity index (χ2n) is 5.79. The molecule has 0 aromatic carbocycles. The van der Waals surface area contributed by atoms with E-state index in [9.17, 15) is 0 Å². The van der Waals surface area contributed by atoms with Crippen LogP contribution in [0.3, 0.4) is 0 Å². The largest absolute Gasteiger partial charge is 0.469 e. The third-order valence-electron chi connectivity index (χ3n) is 4.08. The van der Waals surface area contributed by atoms with Gasteiger partial charge in [0.15, 0.2) is 5.96 Å². The van der Waals surface area contributed by atoms with Crippen LogP contribution in [0, 0.1) is 0 Å². The van der Waals surface area contributed by atoms with Crippen molar-refractivity contribution in [3.8, 4) is 0 Å². The Morgan fingerprint density at radius 1 is 1.35 bits per heavy atom. The van der Waals surface area contributed by atoms with Crippen molar-refractivity contribution in [3.63, 3.8) is 0 Å². The molecule has 26 heavy (non-hydrogen) atoms. The number of furan rings is 1. The van der Waals surface area contributed by atoms with Gasteiger partial charge in [0.25, 0.3) is 0 Å². The number of hydrogen-bond donors (Lipinski definition) is 2. The molecule has 2 rings (SSSR count). The summed E-state index contributed by atoms with van der Waals surface area (Å²) in [5.74, 6) is 1.74. The molecular weight excluding hydrogens is 441 g/mol. The molecule has 144 valence electrons. The first kappa shape index (κ1) is 22.3. The van der Waals surface area contributed by atoms with E-state index in [4.69, 9.17) is 9.41 Å². The molecule has 0 radical (unpaired) electrons. The molecule has 0 unspecified atom stereocenters. The molecule has 2 aromatic rings. The molecule has 2 aromatic heterocycles. The predicted molar refractivity (Wildman–Crippen MR) is 117 cm³/mol. The predicted octanol–water partition coefficient (Wildman–Crippen LogP) is 3.22. The fourth-order valence-corrected chi connectivity index (χ4v) is 2.83. The van der Waals surface area contributed by atoms with Crippen molar-refractivity contribution in [2.75, 3.05) is 13.1 Å². The molecule has 0 fully saturated rings. The van der Waals surface area contributed by atoms with Crippen molar-refractivity contribution in [2.45, 2.75) is 39.7 Å². The van der Waals surface area contributed by atoms with Gasteiger partial charge in [-0.15, -0.1) is 30.6 Å². The van der Waals surface area contributed by atoms with E-state index in [1.54, 1.807) is 6.26 Å². The van der Waals surface area contributed by atoms with Gasteiger partial charge in [-0.05, 0) is 25.0 Å². The lowest BCUT2D eigenvalue weighted by Gasteiger charge is -2.11. The van der Waals surface area contributed by atoms with Crippen LogP contribution in [-0.2, 0) is 32.9 Å². The van der Waals surface area contributed by atoms with E-state index in [-0.39, 0.29) is 24.0 Å². The number of aliphatic imine (C=N–C) groups is 1. The zero-order valence-corrected chi connectivity index (χ0v) is 18.2. The van der Waals surface area contributed by atoms with E-state index in [1.807, 2.05) is 29.9 Å². The van der Waals surface area contributed by atoms with Crippen LogP contribution >= 0.6 is 24.0 Å². The van der Waals surface area contributed by atoms with Crippen molar-refractivity contribution >= 4 is 29.9 Å². The van der Waals surface area contributed by atoms with E-state index in [1.165, 1.54) is 11.3 Å². The van der Waals surface area contributed by atoms with Crippen molar-refractivity contribution in [2.24, 2.45) is 12.0 Å². The normalized spacial score (nSPS) is 11.1. The topological polar surface area (TPSA) is 67.4 Å². The van der Waals surface area contributed by atoms with Crippen LogP contribution < -0.4 is 10.6 Å². The Hall–Kier alpha value is -1.77. The lowest BCUT2D eigenvalue weighted by molar-refractivity contribution is 0.507. The summed E-state index contributed by atoms with van der Waals surface area (Å²) in [5.41, 5.74) is 3.61. The van der Waals surface area contributed by atoms with Crippen LogP contribution in [0.15, 0.2) is 40.5 Å². The Morgan fingerprint density at radius 3 is 2.77 bits per heavy atom. The average Bonchev–Trinajstić information content (AvgIpc) is 3.23. The maximum atomic E-state index is 5.36. The van der Waals surface area contributed by atoms with Gasteiger partial charge in [0.1, 0.15) is 5.76 Å². The fourth-order valence-electron chi connectivity index (χ4n) is 2.83. The number of rotatable bonds is 9. The van der Waals surface area contributed by atoms with Gasteiger partial charge >= 0.3 is 0 Å². The summed E-state index contributed by atoms with van der Waals surface area (Å²) >= 11 is 0. The minimum Gasteiger partial charge on any atom is -0.469 e.